The highest BCUT2D eigenvalue weighted by atomic mass is 35.5. The number of carbonyl (C=O) groups is 2. The first-order valence-electron chi connectivity index (χ1n) is 8.98. The fourth-order valence-corrected chi connectivity index (χ4v) is 3.54. The zero-order valence-corrected chi connectivity index (χ0v) is 16.4. The molecule has 2 aromatic carbocycles. The van der Waals surface area contributed by atoms with Gasteiger partial charge in [-0.1, -0.05) is 54.1 Å². The molecule has 0 bridgehead atoms. The van der Waals surface area contributed by atoms with Crippen molar-refractivity contribution in [3.8, 4) is 0 Å². The minimum Gasteiger partial charge on any atom is -0.323 e. The molecule has 0 aromatic heterocycles. The van der Waals surface area contributed by atoms with Crippen LogP contribution in [0.1, 0.15) is 24.5 Å². The van der Waals surface area contributed by atoms with Crippen LogP contribution in [0.3, 0.4) is 0 Å². The molecule has 1 heterocycles. The van der Waals surface area contributed by atoms with Crippen molar-refractivity contribution in [2.24, 2.45) is 0 Å². The summed E-state index contributed by atoms with van der Waals surface area (Å²) in [4.78, 5) is 28.5. The first-order valence-corrected chi connectivity index (χ1v) is 9.36. The van der Waals surface area contributed by atoms with Crippen LogP contribution < -0.4 is 5.32 Å². The Bertz CT molecular complexity index is 827. The van der Waals surface area contributed by atoms with E-state index in [4.69, 9.17) is 11.6 Å². The zero-order valence-electron chi connectivity index (χ0n) is 15.6. The molecule has 1 N–H and O–H groups in total. The van der Waals surface area contributed by atoms with Gasteiger partial charge in [0.05, 0.1) is 6.67 Å². The molecule has 142 valence electrons. The molecule has 0 saturated carbocycles. The Morgan fingerprint density at radius 2 is 1.78 bits per heavy atom. The van der Waals surface area contributed by atoms with Crippen molar-refractivity contribution in [3.63, 3.8) is 0 Å². The van der Waals surface area contributed by atoms with E-state index in [-0.39, 0.29) is 18.6 Å². The fraction of sp³-hybridized carbons (Fsp3) is 0.333. The number of halogens is 1. The Balaban J connectivity index is 1.61. The summed E-state index contributed by atoms with van der Waals surface area (Å²) in [5.74, 6) is -0.179. The second-order valence-electron chi connectivity index (χ2n) is 7.27. The molecule has 5 nitrogen and oxygen atoms in total. The number of amides is 3. The molecule has 0 spiro atoms. The average Bonchev–Trinajstić information content (AvgIpc) is 2.84. The zero-order chi connectivity index (χ0) is 19.4. The molecule has 1 atom stereocenters. The van der Waals surface area contributed by atoms with Crippen LogP contribution in [0.4, 0.5) is 4.79 Å². The second kappa shape index (κ2) is 8.11. The van der Waals surface area contributed by atoms with Crippen molar-refractivity contribution in [1.29, 1.82) is 0 Å². The van der Waals surface area contributed by atoms with E-state index in [1.807, 2.05) is 66.5 Å². The number of hydrogen-bond donors (Lipinski definition) is 1. The molecule has 3 amide bonds. The molecule has 1 saturated heterocycles. The molecule has 2 aromatic rings. The largest absolute Gasteiger partial charge is 0.326 e. The van der Waals surface area contributed by atoms with Crippen LogP contribution in [0.15, 0.2) is 54.6 Å². The molecule has 6 heteroatoms. The standard InChI is InChI=1S/C21H24ClN3O2/c1-21(12-11-16-7-4-3-5-8-16)19(26)25(20(27)23-21)15-24(2)14-17-9-6-10-18(22)13-17/h3-10,13H,11-12,14-15H2,1-2H3,(H,23,27)/t21-/m0/s1. The number of nitrogens with zero attached hydrogens (tertiary/aromatic N) is 2. The summed E-state index contributed by atoms with van der Waals surface area (Å²) in [5.41, 5.74) is 1.31. The van der Waals surface area contributed by atoms with E-state index < -0.39 is 5.54 Å². The molecule has 1 aliphatic heterocycles. The predicted octanol–water partition coefficient (Wildman–Crippen LogP) is 3.67. The van der Waals surface area contributed by atoms with E-state index in [2.05, 4.69) is 5.32 Å². The highest BCUT2D eigenvalue weighted by Crippen LogP contribution is 2.24. The molecule has 3 rings (SSSR count). The van der Waals surface area contributed by atoms with Crippen molar-refractivity contribution in [2.45, 2.75) is 31.8 Å². The van der Waals surface area contributed by atoms with Crippen LogP contribution in [-0.2, 0) is 17.8 Å². The lowest BCUT2D eigenvalue weighted by Crippen LogP contribution is -2.45. The van der Waals surface area contributed by atoms with Gasteiger partial charge in [-0.3, -0.25) is 9.69 Å². The Morgan fingerprint density at radius 1 is 1.07 bits per heavy atom. The van der Waals surface area contributed by atoms with E-state index in [1.165, 1.54) is 4.90 Å². The molecule has 0 radical (unpaired) electrons. The van der Waals surface area contributed by atoms with Gasteiger partial charge in [0.1, 0.15) is 5.54 Å². The highest BCUT2D eigenvalue weighted by molar-refractivity contribution is 6.30. The summed E-state index contributed by atoms with van der Waals surface area (Å²) in [7, 11) is 1.88. The van der Waals surface area contributed by atoms with Crippen LogP contribution in [-0.4, -0.2) is 41.0 Å². The predicted molar refractivity (Wildman–Crippen MR) is 106 cm³/mol. The number of imide groups is 1. The summed E-state index contributed by atoms with van der Waals surface area (Å²) in [6, 6.07) is 17.2. The van der Waals surface area contributed by atoms with Gasteiger partial charge in [-0.05, 0) is 50.1 Å². The van der Waals surface area contributed by atoms with E-state index in [1.54, 1.807) is 6.92 Å². The maximum Gasteiger partial charge on any atom is 0.326 e. The number of carbonyl (C=O) groups excluding carboxylic acids is 2. The maximum absolute atomic E-state index is 12.9. The number of hydrogen-bond acceptors (Lipinski definition) is 3. The van der Waals surface area contributed by atoms with Gasteiger partial charge in [-0.25, -0.2) is 9.69 Å². The van der Waals surface area contributed by atoms with Gasteiger partial charge >= 0.3 is 6.03 Å². The molecule has 0 unspecified atom stereocenters. The molecule has 1 aliphatic rings. The van der Waals surface area contributed by atoms with Crippen molar-refractivity contribution < 1.29 is 9.59 Å². The summed E-state index contributed by atoms with van der Waals surface area (Å²) in [5, 5.41) is 3.54. The van der Waals surface area contributed by atoms with Crippen LogP contribution in [0.25, 0.3) is 0 Å². The summed E-state index contributed by atoms with van der Waals surface area (Å²) in [6.45, 7) is 2.63. The minimum absolute atomic E-state index is 0.179. The Kier molecular flexibility index (Phi) is 5.82. The van der Waals surface area contributed by atoms with Crippen LogP contribution in [0.5, 0.6) is 0 Å². The van der Waals surface area contributed by atoms with Crippen LogP contribution in [0, 0.1) is 0 Å². The molecular weight excluding hydrogens is 362 g/mol. The minimum atomic E-state index is -0.871. The number of nitrogens with one attached hydrogen (secondary N) is 1. The molecule has 27 heavy (non-hydrogen) atoms. The van der Waals surface area contributed by atoms with Gasteiger partial charge in [0.25, 0.3) is 5.91 Å². The van der Waals surface area contributed by atoms with Gasteiger partial charge in [-0.15, -0.1) is 0 Å². The smallest absolute Gasteiger partial charge is 0.323 e. The average molecular weight is 386 g/mol. The normalized spacial score (nSPS) is 19.6. The maximum atomic E-state index is 12.9. The quantitative estimate of drug-likeness (QED) is 0.740. The van der Waals surface area contributed by atoms with Gasteiger partial charge in [0.15, 0.2) is 0 Å². The number of benzene rings is 2. The number of urea groups is 1. The molecule has 0 aliphatic carbocycles. The second-order valence-corrected chi connectivity index (χ2v) is 7.70. The lowest BCUT2D eigenvalue weighted by atomic mass is 9.93. The third kappa shape index (κ3) is 4.67. The Labute approximate surface area is 164 Å². The van der Waals surface area contributed by atoms with Gasteiger partial charge in [0.2, 0.25) is 0 Å². The van der Waals surface area contributed by atoms with E-state index >= 15 is 0 Å². The fourth-order valence-electron chi connectivity index (χ4n) is 3.32. The summed E-state index contributed by atoms with van der Waals surface area (Å²) in [6.07, 6.45) is 1.30. The third-order valence-corrected chi connectivity index (χ3v) is 5.06. The summed E-state index contributed by atoms with van der Waals surface area (Å²) >= 11 is 6.02. The number of aryl methyl sites for hydroxylation is 1. The third-order valence-electron chi connectivity index (χ3n) is 4.83. The van der Waals surface area contributed by atoms with Gasteiger partial charge in [-0.2, -0.15) is 0 Å². The SMILES string of the molecule is CN(Cc1cccc(Cl)c1)CN1C(=O)N[C@@](C)(CCc2ccccc2)C1=O. The first kappa shape index (κ1) is 19.4. The van der Waals surface area contributed by atoms with E-state index in [0.29, 0.717) is 18.0 Å². The first-order chi connectivity index (χ1) is 12.9. The van der Waals surface area contributed by atoms with Crippen LogP contribution in [0.2, 0.25) is 5.02 Å². The van der Waals surface area contributed by atoms with Gasteiger partial charge < -0.3 is 5.32 Å². The van der Waals surface area contributed by atoms with Crippen molar-refractivity contribution in [1.82, 2.24) is 15.1 Å². The van der Waals surface area contributed by atoms with Crippen molar-refractivity contribution in [2.75, 3.05) is 13.7 Å². The highest BCUT2D eigenvalue weighted by Gasteiger charge is 2.47. The Hall–Kier alpha value is -2.37. The monoisotopic (exact) mass is 385 g/mol. The van der Waals surface area contributed by atoms with Crippen molar-refractivity contribution in [3.05, 3.63) is 70.7 Å². The Morgan fingerprint density at radius 3 is 2.48 bits per heavy atom. The number of rotatable bonds is 7. The van der Waals surface area contributed by atoms with Gasteiger partial charge in [0, 0.05) is 11.6 Å². The van der Waals surface area contributed by atoms with Crippen molar-refractivity contribution >= 4 is 23.5 Å². The lowest BCUT2D eigenvalue weighted by molar-refractivity contribution is -0.132. The molecule has 1 fully saturated rings. The van der Waals surface area contributed by atoms with E-state index in [9.17, 15) is 9.59 Å². The molecular formula is C21H24ClN3O2. The topological polar surface area (TPSA) is 52.6 Å². The lowest BCUT2D eigenvalue weighted by Gasteiger charge is -2.24. The summed E-state index contributed by atoms with van der Waals surface area (Å²) < 4.78 is 0. The van der Waals surface area contributed by atoms with Crippen LogP contribution >= 0.6 is 11.6 Å². The van der Waals surface area contributed by atoms with E-state index in [0.717, 1.165) is 17.5 Å².